The Morgan fingerprint density at radius 2 is 2.09 bits per heavy atom. The Balaban J connectivity index is 1.89. The third-order valence-electron chi connectivity index (χ3n) is 3.87. The van der Waals surface area contributed by atoms with Crippen molar-refractivity contribution in [3.05, 3.63) is 55.1 Å². The molecule has 118 valence electrons. The molecule has 1 fully saturated rings. The highest BCUT2D eigenvalue weighted by Crippen LogP contribution is 2.33. The van der Waals surface area contributed by atoms with Gasteiger partial charge in [-0.05, 0) is 18.6 Å². The van der Waals surface area contributed by atoms with Crippen molar-refractivity contribution in [2.24, 2.45) is 11.8 Å². The van der Waals surface area contributed by atoms with Crippen LogP contribution in [0.25, 0.3) is 0 Å². The van der Waals surface area contributed by atoms with Crippen LogP contribution in [0, 0.1) is 11.8 Å². The lowest BCUT2D eigenvalue weighted by atomic mass is 9.90. The minimum absolute atomic E-state index is 0.0528. The number of hydrogen-bond acceptors (Lipinski definition) is 4. The average Bonchev–Trinajstić information content (AvgIpc) is 2.78. The lowest BCUT2D eigenvalue weighted by Gasteiger charge is -2.16. The molecule has 0 saturated heterocycles. The van der Waals surface area contributed by atoms with Crippen LogP contribution in [0.15, 0.2) is 55.1 Å². The molecule has 1 aliphatic carbocycles. The zero-order valence-corrected chi connectivity index (χ0v) is 12.5. The molecule has 0 amide bonds. The summed E-state index contributed by atoms with van der Waals surface area (Å²) in [6.07, 6.45) is 4.25. The summed E-state index contributed by atoms with van der Waals surface area (Å²) in [7, 11) is 0. The molecule has 2 rings (SSSR count). The van der Waals surface area contributed by atoms with Gasteiger partial charge in [0.1, 0.15) is 24.2 Å². The van der Waals surface area contributed by atoms with E-state index in [4.69, 9.17) is 4.74 Å². The fourth-order valence-corrected chi connectivity index (χ4v) is 2.72. The van der Waals surface area contributed by atoms with Gasteiger partial charge < -0.3 is 14.9 Å². The van der Waals surface area contributed by atoms with E-state index in [1.807, 2.05) is 30.3 Å². The van der Waals surface area contributed by atoms with Crippen molar-refractivity contribution in [1.29, 1.82) is 0 Å². The van der Waals surface area contributed by atoms with Gasteiger partial charge in [-0.25, -0.2) is 0 Å². The first-order chi connectivity index (χ1) is 10.6. The van der Waals surface area contributed by atoms with Gasteiger partial charge in [-0.3, -0.25) is 4.79 Å². The van der Waals surface area contributed by atoms with Gasteiger partial charge in [0.25, 0.3) is 0 Å². The van der Waals surface area contributed by atoms with Gasteiger partial charge in [-0.2, -0.15) is 0 Å². The lowest BCUT2D eigenvalue weighted by molar-refractivity contribution is -0.121. The van der Waals surface area contributed by atoms with Gasteiger partial charge in [0, 0.05) is 18.3 Å². The molecule has 0 aromatic heterocycles. The molecule has 4 atom stereocenters. The van der Waals surface area contributed by atoms with E-state index in [0.29, 0.717) is 12.2 Å². The number of carbonyl (C=O) groups excluding carboxylic acids is 1. The van der Waals surface area contributed by atoms with Crippen molar-refractivity contribution in [3.8, 4) is 5.75 Å². The Labute approximate surface area is 130 Å². The van der Waals surface area contributed by atoms with Crippen LogP contribution in [-0.4, -0.2) is 34.8 Å². The summed E-state index contributed by atoms with van der Waals surface area (Å²) >= 11 is 0. The zero-order valence-electron chi connectivity index (χ0n) is 12.5. The van der Waals surface area contributed by atoms with Crippen LogP contribution < -0.4 is 4.74 Å². The summed E-state index contributed by atoms with van der Waals surface area (Å²) in [5.41, 5.74) is 0. The van der Waals surface area contributed by atoms with Crippen molar-refractivity contribution in [1.82, 2.24) is 0 Å². The van der Waals surface area contributed by atoms with Crippen LogP contribution in [0.5, 0.6) is 5.75 Å². The Morgan fingerprint density at radius 1 is 1.36 bits per heavy atom. The highest BCUT2D eigenvalue weighted by molar-refractivity contribution is 5.84. The maximum Gasteiger partial charge on any atom is 0.139 e. The number of carbonyl (C=O) groups is 1. The maximum absolute atomic E-state index is 11.8. The molecule has 4 heteroatoms. The van der Waals surface area contributed by atoms with Gasteiger partial charge in [-0.1, -0.05) is 36.4 Å². The van der Waals surface area contributed by atoms with E-state index in [1.54, 1.807) is 18.2 Å². The van der Waals surface area contributed by atoms with Crippen LogP contribution in [0.3, 0.4) is 0 Å². The van der Waals surface area contributed by atoms with Crippen molar-refractivity contribution in [2.45, 2.75) is 25.0 Å². The molecule has 0 bridgehead atoms. The second-order valence-corrected chi connectivity index (χ2v) is 5.52. The molecule has 1 saturated carbocycles. The van der Waals surface area contributed by atoms with Gasteiger partial charge in [0.2, 0.25) is 0 Å². The fourth-order valence-electron chi connectivity index (χ4n) is 2.72. The molecule has 0 spiro atoms. The monoisotopic (exact) mass is 302 g/mol. The molecule has 1 aliphatic rings. The third-order valence-corrected chi connectivity index (χ3v) is 3.87. The predicted octanol–water partition coefficient (Wildman–Crippen LogP) is 2.12. The Bertz CT molecular complexity index is 523. The minimum Gasteiger partial charge on any atom is -0.491 e. The van der Waals surface area contributed by atoms with Gasteiger partial charge >= 0.3 is 0 Å². The van der Waals surface area contributed by atoms with Crippen molar-refractivity contribution >= 4 is 5.78 Å². The highest BCUT2D eigenvalue weighted by atomic mass is 16.5. The molecule has 1 aromatic rings. The molecule has 0 radical (unpaired) electrons. The van der Waals surface area contributed by atoms with E-state index < -0.39 is 12.2 Å². The maximum atomic E-state index is 11.8. The summed E-state index contributed by atoms with van der Waals surface area (Å²) in [5.74, 6) is 0.232. The molecule has 1 aromatic carbocycles. The quantitative estimate of drug-likeness (QED) is 0.757. The highest BCUT2D eigenvalue weighted by Gasteiger charge is 2.39. The number of Topliss-reactive ketones (excluding diaryl/α,β-unsaturated/α-hetero) is 1. The molecular weight excluding hydrogens is 280 g/mol. The van der Waals surface area contributed by atoms with E-state index >= 15 is 0 Å². The minimum atomic E-state index is -0.785. The normalized spacial score (nSPS) is 26.3. The Kier molecular flexibility index (Phi) is 5.92. The number of hydrogen-bond donors (Lipinski definition) is 2. The number of ketones is 1. The van der Waals surface area contributed by atoms with Crippen LogP contribution >= 0.6 is 0 Å². The second-order valence-electron chi connectivity index (χ2n) is 5.52. The van der Waals surface area contributed by atoms with Gasteiger partial charge in [0.05, 0.1) is 6.10 Å². The molecule has 0 aliphatic heterocycles. The fraction of sp³-hybridized carbons (Fsp3) is 0.389. The number of benzene rings is 1. The van der Waals surface area contributed by atoms with Crippen molar-refractivity contribution in [2.75, 3.05) is 6.61 Å². The summed E-state index contributed by atoms with van der Waals surface area (Å²) < 4.78 is 5.46. The standard InChI is InChI=1S/C18H22O4/c1-2-6-15-16(18(21)11-17(15)20)10-9-13(19)12-22-14-7-4-3-5-8-14/h2-5,7-10,13,15-16,18-19,21H,1,6,11-12H2/b10-9+/t13-,15-,16-,18-/m1/s1. The average molecular weight is 302 g/mol. The van der Waals surface area contributed by atoms with Gasteiger partial charge in [0.15, 0.2) is 0 Å². The van der Waals surface area contributed by atoms with Crippen molar-refractivity contribution < 1.29 is 19.7 Å². The Morgan fingerprint density at radius 3 is 2.77 bits per heavy atom. The number of aliphatic hydroxyl groups is 2. The topological polar surface area (TPSA) is 66.8 Å². The summed E-state index contributed by atoms with van der Waals surface area (Å²) in [6, 6.07) is 9.24. The number of ether oxygens (including phenoxy) is 1. The molecule has 0 unspecified atom stereocenters. The molecular formula is C18H22O4. The van der Waals surface area contributed by atoms with Crippen LogP contribution in [-0.2, 0) is 4.79 Å². The van der Waals surface area contributed by atoms with Crippen LogP contribution in [0.1, 0.15) is 12.8 Å². The summed E-state index contributed by atoms with van der Waals surface area (Å²) in [4.78, 5) is 11.8. The first kappa shape index (κ1) is 16.5. The number of para-hydroxylation sites is 1. The van der Waals surface area contributed by atoms with E-state index in [0.717, 1.165) is 0 Å². The van der Waals surface area contributed by atoms with Crippen LogP contribution in [0.2, 0.25) is 0 Å². The number of rotatable bonds is 7. The smallest absolute Gasteiger partial charge is 0.139 e. The molecule has 2 N–H and O–H groups in total. The lowest BCUT2D eigenvalue weighted by Crippen LogP contribution is -2.20. The molecule has 22 heavy (non-hydrogen) atoms. The predicted molar refractivity (Wildman–Crippen MR) is 84.5 cm³/mol. The molecule has 4 nitrogen and oxygen atoms in total. The third kappa shape index (κ3) is 4.29. The first-order valence-electron chi connectivity index (χ1n) is 7.47. The van der Waals surface area contributed by atoms with Crippen molar-refractivity contribution in [3.63, 3.8) is 0 Å². The second kappa shape index (κ2) is 7.92. The van der Waals surface area contributed by atoms with E-state index in [-0.39, 0.29) is 30.6 Å². The van der Waals surface area contributed by atoms with Gasteiger partial charge in [-0.15, -0.1) is 6.58 Å². The number of allylic oxidation sites excluding steroid dienone is 1. The SMILES string of the molecule is C=CC[C@H]1C(=O)C[C@@H](O)[C@@H]1/C=C/[C@@H](O)COc1ccccc1. The number of aliphatic hydroxyl groups excluding tert-OH is 2. The Hall–Kier alpha value is -1.91. The van der Waals surface area contributed by atoms with E-state index in [9.17, 15) is 15.0 Å². The molecule has 0 heterocycles. The summed E-state index contributed by atoms with van der Waals surface area (Å²) in [6.45, 7) is 3.78. The largest absolute Gasteiger partial charge is 0.491 e. The zero-order chi connectivity index (χ0) is 15.9. The first-order valence-corrected chi connectivity index (χ1v) is 7.47. The van der Waals surface area contributed by atoms with E-state index in [2.05, 4.69) is 6.58 Å². The summed E-state index contributed by atoms with van der Waals surface area (Å²) in [5, 5.41) is 19.9. The van der Waals surface area contributed by atoms with Crippen LogP contribution in [0.4, 0.5) is 0 Å². The van der Waals surface area contributed by atoms with E-state index in [1.165, 1.54) is 0 Å².